The normalized spacial score (nSPS) is 22.5. The van der Waals surface area contributed by atoms with Gasteiger partial charge in [-0.2, -0.15) is 0 Å². The highest BCUT2D eigenvalue weighted by molar-refractivity contribution is 5.92. The topological polar surface area (TPSA) is 50.4 Å². The Morgan fingerprint density at radius 3 is 2.73 bits per heavy atom. The summed E-state index contributed by atoms with van der Waals surface area (Å²) in [6.07, 6.45) is 6.29. The summed E-state index contributed by atoms with van der Waals surface area (Å²) in [7, 11) is 0. The molecule has 1 atom stereocenters. The van der Waals surface area contributed by atoms with Crippen LogP contribution in [-0.4, -0.2) is 25.1 Å². The number of anilines is 1. The molecule has 0 bridgehead atoms. The van der Waals surface area contributed by atoms with Crippen LogP contribution in [0.1, 0.15) is 38.5 Å². The first-order valence-electron chi connectivity index (χ1n) is 8.20. The fourth-order valence-electron chi connectivity index (χ4n) is 3.18. The summed E-state index contributed by atoms with van der Waals surface area (Å²) >= 11 is 0. The van der Waals surface area contributed by atoms with Crippen molar-refractivity contribution in [3.63, 3.8) is 0 Å². The van der Waals surface area contributed by atoms with Gasteiger partial charge in [0.05, 0.1) is 12.0 Å². The number of nitrogens with one attached hydrogen (secondary N) is 2. The first-order chi connectivity index (χ1) is 10.7. The lowest BCUT2D eigenvalue weighted by Gasteiger charge is -2.22. The second kappa shape index (κ2) is 7.09. The van der Waals surface area contributed by atoms with Gasteiger partial charge in [-0.1, -0.05) is 0 Å². The van der Waals surface area contributed by atoms with E-state index in [9.17, 15) is 9.18 Å². The largest absolute Gasteiger partial charge is 0.487 e. The molecular formula is C17H23FN2O2. The summed E-state index contributed by atoms with van der Waals surface area (Å²) < 4.78 is 19.8. The van der Waals surface area contributed by atoms with Crippen LogP contribution in [0.25, 0.3) is 0 Å². The predicted octanol–water partition coefficient (Wildman–Crippen LogP) is 3.09. The molecule has 2 fully saturated rings. The zero-order valence-electron chi connectivity index (χ0n) is 12.7. The molecule has 4 nitrogen and oxygen atoms in total. The second-order valence-electron chi connectivity index (χ2n) is 6.20. The molecule has 1 amide bonds. The average Bonchev–Trinajstić information content (AvgIpc) is 3.04. The van der Waals surface area contributed by atoms with Gasteiger partial charge in [0, 0.05) is 18.3 Å². The zero-order chi connectivity index (χ0) is 15.4. The van der Waals surface area contributed by atoms with Crippen molar-refractivity contribution < 1.29 is 13.9 Å². The highest BCUT2D eigenvalue weighted by Crippen LogP contribution is 2.28. The van der Waals surface area contributed by atoms with E-state index in [1.807, 2.05) is 0 Å². The van der Waals surface area contributed by atoms with Crippen LogP contribution in [0.3, 0.4) is 0 Å². The van der Waals surface area contributed by atoms with Crippen molar-refractivity contribution >= 4 is 11.6 Å². The molecule has 1 unspecified atom stereocenters. The first-order valence-corrected chi connectivity index (χ1v) is 8.20. The summed E-state index contributed by atoms with van der Waals surface area (Å²) in [4.78, 5) is 12.1. The summed E-state index contributed by atoms with van der Waals surface area (Å²) in [5.74, 6) is -0.210. The highest BCUT2D eigenvalue weighted by Gasteiger charge is 2.22. The van der Waals surface area contributed by atoms with E-state index in [1.165, 1.54) is 6.07 Å². The molecule has 1 aliphatic heterocycles. The van der Waals surface area contributed by atoms with E-state index in [-0.39, 0.29) is 23.7 Å². The van der Waals surface area contributed by atoms with E-state index in [0.29, 0.717) is 12.2 Å². The van der Waals surface area contributed by atoms with Gasteiger partial charge in [-0.05, 0) is 57.2 Å². The Morgan fingerprint density at radius 1 is 1.23 bits per heavy atom. The van der Waals surface area contributed by atoms with E-state index >= 15 is 0 Å². The number of carbonyl (C=O) groups excluding carboxylic acids is 1. The van der Waals surface area contributed by atoms with Gasteiger partial charge >= 0.3 is 0 Å². The third kappa shape index (κ3) is 3.77. The van der Waals surface area contributed by atoms with Crippen LogP contribution in [0.2, 0.25) is 0 Å². The monoisotopic (exact) mass is 306 g/mol. The molecule has 1 aromatic carbocycles. The van der Waals surface area contributed by atoms with Gasteiger partial charge in [0.2, 0.25) is 5.91 Å². The number of hydrogen-bond donors (Lipinski definition) is 2. The van der Waals surface area contributed by atoms with Gasteiger partial charge in [0.25, 0.3) is 0 Å². The summed E-state index contributed by atoms with van der Waals surface area (Å²) in [6, 6.07) is 4.67. The number of amides is 1. The fraction of sp³-hybridized carbons (Fsp3) is 0.588. The molecule has 5 heteroatoms. The van der Waals surface area contributed by atoms with Crippen molar-refractivity contribution in [1.82, 2.24) is 5.32 Å². The van der Waals surface area contributed by atoms with Crippen molar-refractivity contribution in [1.29, 1.82) is 0 Å². The maximum Gasteiger partial charge on any atom is 0.228 e. The van der Waals surface area contributed by atoms with Crippen molar-refractivity contribution in [3.05, 3.63) is 24.0 Å². The molecule has 1 aliphatic carbocycles. The minimum Gasteiger partial charge on any atom is -0.487 e. The lowest BCUT2D eigenvalue weighted by atomic mass is 9.99. The Hall–Kier alpha value is -1.62. The predicted molar refractivity (Wildman–Crippen MR) is 83.5 cm³/mol. The molecule has 0 aromatic heterocycles. The summed E-state index contributed by atoms with van der Waals surface area (Å²) in [6.45, 7) is 1.66. The Kier molecular flexibility index (Phi) is 4.93. The molecular weight excluding hydrogens is 283 g/mol. The Balaban J connectivity index is 1.59. The van der Waals surface area contributed by atoms with Gasteiger partial charge < -0.3 is 15.4 Å². The van der Waals surface area contributed by atoms with E-state index < -0.39 is 5.82 Å². The maximum absolute atomic E-state index is 14.1. The van der Waals surface area contributed by atoms with Crippen molar-refractivity contribution in [2.45, 2.75) is 44.6 Å². The number of carbonyl (C=O) groups is 1. The van der Waals surface area contributed by atoms with Gasteiger partial charge in [-0.3, -0.25) is 4.79 Å². The molecule has 120 valence electrons. The zero-order valence-corrected chi connectivity index (χ0v) is 12.7. The number of benzene rings is 1. The van der Waals surface area contributed by atoms with Gasteiger partial charge in [0.1, 0.15) is 0 Å². The minimum atomic E-state index is -0.411. The highest BCUT2D eigenvalue weighted by atomic mass is 19.1. The lowest BCUT2D eigenvalue weighted by Crippen LogP contribution is -2.37. The van der Waals surface area contributed by atoms with E-state index in [1.54, 1.807) is 12.1 Å². The Labute approximate surface area is 130 Å². The van der Waals surface area contributed by atoms with Gasteiger partial charge in [-0.15, -0.1) is 0 Å². The molecule has 2 N–H and O–H groups in total. The Bertz CT molecular complexity index is 523. The van der Waals surface area contributed by atoms with Crippen LogP contribution >= 0.6 is 0 Å². The third-order valence-electron chi connectivity index (χ3n) is 4.46. The maximum atomic E-state index is 14.1. The van der Waals surface area contributed by atoms with Crippen LogP contribution in [0.5, 0.6) is 5.75 Å². The van der Waals surface area contributed by atoms with Crippen LogP contribution in [0.15, 0.2) is 18.2 Å². The van der Waals surface area contributed by atoms with E-state index in [4.69, 9.17) is 4.74 Å². The molecule has 2 aliphatic rings. The van der Waals surface area contributed by atoms with Crippen molar-refractivity contribution in [2.75, 3.05) is 18.4 Å². The van der Waals surface area contributed by atoms with Gasteiger partial charge in [0.15, 0.2) is 11.6 Å². The number of rotatable bonds is 4. The quantitative estimate of drug-likeness (QED) is 0.899. The van der Waals surface area contributed by atoms with Crippen LogP contribution in [0.4, 0.5) is 10.1 Å². The SMILES string of the molecule is O=C(Nc1ccc(OC2CCCC2)c(F)c1)C1CCCNC1. The standard InChI is InChI=1S/C17H23FN2O2/c18-15-10-13(20-17(21)12-4-3-9-19-11-12)7-8-16(15)22-14-5-1-2-6-14/h7-8,10,12,14,19H,1-6,9,11H2,(H,20,21). The molecule has 22 heavy (non-hydrogen) atoms. The summed E-state index contributed by atoms with van der Waals surface area (Å²) in [5.41, 5.74) is 0.492. The molecule has 1 heterocycles. The van der Waals surface area contributed by atoms with Crippen molar-refractivity contribution in [2.24, 2.45) is 5.92 Å². The number of hydrogen-bond acceptors (Lipinski definition) is 3. The molecule has 0 spiro atoms. The number of ether oxygens (including phenoxy) is 1. The van der Waals surface area contributed by atoms with E-state index in [0.717, 1.165) is 45.1 Å². The first kappa shape index (κ1) is 15.3. The molecule has 1 saturated heterocycles. The minimum absolute atomic E-state index is 0.0359. The number of halogens is 1. The Morgan fingerprint density at radius 2 is 2.05 bits per heavy atom. The van der Waals surface area contributed by atoms with Crippen LogP contribution in [0, 0.1) is 11.7 Å². The van der Waals surface area contributed by atoms with Gasteiger partial charge in [-0.25, -0.2) is 4.39 Å². The third-order valence-corrected chi connectivity index (χ3v) is 4.46. The molecule has 3 rings (SSSR count). The van der Waals surface area contributed by atoms with Crippen LogP contribution in [-0.2, 0) is 4.79 Å². The molecule has 1 aromatic rings. The fourth-order valence-corrected chi connectivity index (χ4v) is 3.18. The summed E-state index contributed by atoms with van der Waals surface area (Å²) in [5, 5.41) is 6.01. The molecule has 1 saturated carbocycles. The van der Waals surface area contributed by atoms with Crippen LogP contribution < -0.4 is 15.4 Å². The lowest BCUT2D eigenvalue weighted by molar-refractivity contribution is -0.120. The smallest absolute Gasteiger partial charge is 0.228 e. The van der Waals surface area contributed by atoms with E-state index in [2.05, 4.69) is 10.6 Å². The second-order valence-corrected chi connectivity index (χ2v) is 6.20. The van der Waals surface area contributed by atoms with Crippen molar-refractivity contribution in [3.8, 4) is 5.75 Å². The number of piperidine rings is 1. The average molecular weight is 306 g/mol. The molecule has 0 radical (unpaired) electrons.